The van der Waals surface area contributed by atoms with Gasteiger partial charge in [-0.15, -0.1) is 0 Å². The van der Waals surface area contributed by atoms with Gasteiger partial charge < -0.3 is 4.74 Å². The third-order valence-electron chi connectivity index (χ3n) is 11.4. The molecule has 4 nitrogen and oxygen atoms in total. The summed E-state index contributed by atoms with van der Waals surface area (Å²) in [4.78, 5) is 45.5. The molecule has 0 amide bonds. The number of hydrogen-bond acceptors (Lipinski definition) is 4. The molecule has 0 radical (unpaired) electrons. The first-order valence-electron chi connectivity index (χ1n) is 15.9. The first-order valence-corrected chi connectivity index (χ1v) is 15.9. The van der Waals surface area contributed by atoms with E-state index in [0.29, 0.717) is 42.6 Å². The standard InChI is InChI=1S/C38H50O4/c1-24(2)15-17-27-21-37-22-28-19-20-34(5,6)23-36(28,9)42-32(37)29(18-16-25(3)4)31(40)38(33(37)41,35(27,7)8)30(39)26-13-11-10-12-14-26/h10-16,27-28H,17-23H2,1-9H3/t27-,28-,36+,37?,38?/m0/s1. The minimum absolute atomic E-state index is 0.0466. The molecule has 226 valence electrons. The summed E-state index contributed by atoms with van der Waals surface area (Å²) in [5, 5.41) is 0. The van der Waals surface area contributed by atoms with Crippen molar-refractivity contribution in [1.82, 2.24) is 0 Å². The molecule has 4 heteroatoms. The Labute approximate surface area is 253 Å². The van der Waals surface area contributed by atoms with Gasteiger partial charge in [0.2, 0.25) is 0 Å². The second-order valence-electron chi connectivity index (χ2n) is 15.8. The Bertz CT molecular complexity index is 1400. The van der Waals surface area contributed by atoms with Crippen LogP contribution in [0.2, 0.25) is 0 Å². The predicted octanol–water partition coefficient (Wildman–Crippen LogP) is 9.01. The number of benzene rings is 1. The molecule has 1 spiro atoms. The fourth-order valence-corrected chi connectivity index (χ4v) is 9.06. The fourth-order valence-electron chi connectivity index (χ4n) is 9.06. The summed E-state index contributed by atoms with van der Waals surface area (Å²) >= 11 is 0. The van der Waals surface area contributed by atoms with E-state index >= 15 is 9.59 Å². The smallest absolute Gasteiger partial charge is 0.184 e. The first-order chi connectivity index (χ1) is 19.5. The van der Waals surface area contributed by atoms with Gasteiger partial charge in [0.1, 0.15) is 11.4 Å². The van der Waals surface area contributed by atoms with Crippen LogP contribution in [0, 0.1) is 33.5 Å². The van der Waals surface area contributed by atoms with Crippen molar-refractivity contribution in [2.45, 2.75) is 113 Å². The summed E-state index contributed by atoms with van der Waals surface area (Å²) in [5.74, 6) is -0.179. The van der Waals surface area contributed by atoms with Crippen LogP contribution in [0.15, 0.2) is 65.0 Å². The summed E-state index contributed by atoms with van der Waals surface area (Å²) in [6.45, 7) is 19.0. The van der Waals surface area contributed by atoms with E-state index in [1.165, 1.54) is 5.57 Å². The van der Waals surface area contributed by atoms with Crippen molar-refractivity contribution in [3.8, 4) is 0 Å². The molecule has 2 bridgehead atoms. The highest BCUT2D eigenvalue weighted by atomic mass is 16.5. The van der Waals surface area contributed by atoms with Crippen molar-refractivity contribution in [1.29, 1.82) is 0 Å². The van der Waals surface area contributed by atoms with Crippen LogP contribution in [0.1, 0.15) is 118 Å². The molecule has 1 aromatic rings. The SMILES string of the molecule is CC(C)=CCC1=C2O[C@]3(C)CC(C)(C)CC[C@H]3CC23C[C@H](CC=C(C)C)C(C)(C)C(C(=O)c2ccccc2)(C1=O)C3=O. The molecule has 42 heavy (non-hydrogen) atoms. The minimum Gasteiger partial charge on any atom is -0.490 e. The number of rotatable bonds is 6. The van der Waals surface area contributed by atoms with Crippen LogP contribution in [-0.2, 0) is 14.3 Å². The molecule has 1 heterocycles. The molecular formula is C38H50O4. The van der Waals surface area contributed by atoms with Crippen LogP contribution >= 0.6 is 0 Å². The Morgan fingerprint density at radius 3 is 2.19 bits per heavy atom. The van der Waals surface area contributed by atoms with Crippen molar-refractivity contribution >= 4 is 17.3 Å². The summed E-state index contributed by atoms with van der Waals surface area (Å²) in [5.41, 5.74) is -0.749. The van der Waals surface area contributed by atoms with E-state index in [2.05, 4.69) is 46.8 Å². The van der Waals surface area contributed by atoms with Gasteiger partial charge >= 0.3 is 0 Å². The maximum Gasteiger partial charge on any atom is 0.184 e. The fraction of sp³-hybridized carbons (Fsp3) is 0.605. The zero-order valence-electron chi connectivity index (χ0n) is 27.3. The summed E-state index contributed by atoms with van der Waals surface area (Å²) in [6.07, 6.45) is 9.52. The minimum atomic E-state index is -1.80. The van der Waals surface area contributed by atoms with E-state index in [9.17, 15) is 4.79 Å². The lowest BCUT2D eigenvalue weighted by Gasteiger charge is -2.65. The van der Waals surface area contributed by atoms with E-state index in [1.807, 2.05) is 45.9 Å². The van der Waals surface area contributed by atoms with E-state index in [0.717, 1.165) is 24.8 Å². The lowest BCUT2D eigenvalue weighted by Crippen LogP contribution is -2.72. The monoisotopic (exact) mass is 570 g/mol. The second-order valence-corrected chi connectivity index (χ2v) is 15.8. The Kier molecular flexibility index (Phi) is 7.43. The van der Waals surface area contributed by atoms with Crippen molar-refractivity contribution in [3.63, 3.8) is 0 Å². The molecule has 2 saturated carbocycles. The lowest BCUT2D eigenvalue weighted by molar-refractivity contribution is -0.195. The molecule has 4 aliphatic rings. The van der Waals surface area contributed by atoms with Crippen molar-refractivity contribution in [3.05, 3.63) is 70.5 Å². The largest absolute Gasteiger partial charge is 0.490 e. The normalized spacial score (nSPS) is 34.5. The van der Waals surface area contributed by atoms with Crippen molar-refractivity contribution in [2.75, 3.05) is 0 Å². The highest BCUT2D eigenvalue weighted by molar-refractivity contribution is 6.36. The van der Waals surface area contributed by atoms with Crippen LogP contribution in [-0.4, -0.2) is 23.0 Å². The molecule has 5 atom stereocenters. The first kappa shape index (κ1) is 30.7. The molecule has 0 aromatic heterocycles. The maximum absolute atomic E-state index is 15.4. The average molecular weight is 571 g/mol. The summed E-state index contributed by atoms with van der Waals surface area (Å²) < 4.78 is 7.13. The maximum atomic E-state index is 15.4. The number of carbonyl (C=O) groups is 3. The van der Waals surface area contributed by atoms with E-state index in [-0.39, 0.29) is 34.6 Å². The van der Waals surface area contributed by atoms with E-state index < -0.39 is 21.8 Å². The molecule has 1 aromatic carbocycles. The zero-order valence-corrected chi connectivity index (χ0v) is 27.3. The third kappa shape index (κ3) is 4.42. The van der Waals surface area contributed by atoms with Gasteiger partial charge in [-0.25, -0.2) is 0 Å². The molecule has 1 saturated heterocycles. The molecule has 2 unspecified atom stereocenters. The zero-order chi connectivity index (χ0) is 30.9. The quantitative estimate of drug-likeness (QED) is 0.194. The Balaban J connectivity index is 1.82. The van der Waals surface area contributed by atoms with Gasteiger partial charge in [-0.05, 0) is 102 Å². The Morgan fingerprint density at radius 1 is 0.929 bits per heavy atom. The molecule has 3 aliphatic carbocycles. The van der Waals surface area contributed by atoms with E-state index in [4.69, 9.17) is 4.74 Å². The van der Waals surface area contributed by atoms with Gasteiger partial charge in [-0.3, -0.25) is 14.4 Å². The second kappa shape index (κ2) is 10.2. The number of Topliss-reactive ketones (excluding diaryl/α,β-unsaturated/α-hetero) is 3. The lowest BCUT2D eigenvalue weighted by atomic mass is 9.38. The molecule has 3 fully saturated rings. The number of carbonyl (C=O) groups excluding carboxylic acids is 3. The topological polar surface area (TPSA) is 60.4 Å². The Morgan fingerprint density at radius 2 is 1.57 bits per heavy atom. The molecule has 5 rings (SSSR count). The van der Waals surface area contributed by atoms with Crippen LogP contribution in [0.4, 0.5) is 0 Å². The number of allylic oxidation sites excluding steroid dienone is 6. The van der Waals surface area contributed by atoms with Gasteiger partial charge in [-0.2, -0.15) is 0 Å². The van der Waals surface area contributed by atoms with Gasteiger partial charge in [0.05, 0.1) is 5.41 Å². The third-order valence-corrected chi connectivity index (χ3v) is 11.4. The van der Waals surface area contributed by atoms with Gasteiger partial charge in [0.15, 0.2) is 22.8 Å². The van der Waals surface area contributed by atoms with Crippen LogP contribution in [0.25, 0.3) is 0 Å². The molecule has 0 N–H and O–H groups in total. The Hall–Kier alpha value is -2.75. The predicted molar refractivity (Wildman–Crippen MR) is 168 cm³/mol. The summed E-state index contributed by atoms with van der Waals surface area (Å²) in [7, 11) is 0. The van der Waals surface area contributed by atoms with Crippen molar-refractivity contribution in [2.24, 2.45) is 33.5 Å². The van der Waals surface area contributed by atoms with Crippen LogP contribution in [0.3, 0.4) is 0 Å². The highest BCUT2D eigenvalue weighted by Crippen LogP contribution is 2.70. The van der Waals surface area contributed by atoms with Crippen LogP contribution in [0.5, 0.6) is 0 Å². The van der Waals surface area contributed by atoms with Gasteiger partial charge in [-0.1, -0.05) is 81.3 Å². The van der Waals surface area contributed by atoms with Crippen LogP contribution < -0.4 is 0 Å². The molecule has 1 aliphatic heterocycles. The highest BCUT2D eigenvalue weighted by Gasteiger charge is 2.77. The van der Waals surface area contributed by atoms with E-state index in [1.54, 1.807) is 12.1 Å². The van der Waals surface area contributed by atoms with Gasteiger partial charge in [0, 0.05) is 11.1 Å². The number of hydrogen-bond donors (Lipinski definition) is 0. The molecular weight excluding hydrogens is 520 g/mol. The van der Waals surface area contributed by atoms with Gasteiger partial charge in [0.25, 0.3) is 0 Å². The van der Waals surface area contributed by atoms with Crippen molar-refractivity contribution < 1.29 is 19.1 Å². The summed E-state index contributed by atoms with van der Waals surface area (Å²) in [6, 6.07) is 9.01. The number of ether oxygens (including phenoxy) is 1. The number of fused-ring (bicyclic) bond motifs is 2. The number of ketones is 3. The average Bonchev–Trinajstić information content (AvgIpc) is 2.89.